The van der Waals surface area contributed by atoms with Crippen LogP contribution in [0.15, 0.2) is 24.3 Å². The van der Waals surface area contributed by atoms with E-state index in [4.69, 9.17) is 4.74 Å². The molecule has 1 rings (SSSR count). The molecule has 104 valence electrons. The van der Waals surface area contributed by atoms with Crippen LogP contribution in [0.4, 0.5) is 5.69 Å². The average Bonchev–Trinajstić information content (AvgIpc) is 2.37. The van der Waals surface area contributed by atoms with Gasteiger partial charge in [-0.1, -0.05) is 12.1 Å². The summed E-state index contributed by atoms with van der Waals surface area (Å²) in [6, 6.07) is 7.34. The van der Waals surface area contributed by atoms with Crippen molar-refractivity contribution in [3.63, 3.8) is 0 Å². The highest BCUT2D eigenvalue weighted by Gasteiger charge is 2.07. The number of amides is 1. The predicted octanol–water partition coefficient (Wildman–Crippen LogP) is 2.74. The number of ether oxygens (including phenoxy) is 1. The van der Waals surface area contributed by atoms with E-state index in [0.717, 1.165) is 0 Å². The molecule has 0 spiro atoms. The van der Waals surface area contributed by atoms with E-state index in [2.05, 4.69) is 5.32 Å². The first-order valence-electron chi connectivity index (χ1n) is 6.22. The Balaban J connectivity index is 2.41. The Kier molecular flexibility index (Phi) is 7.03. The summed E-state index contributed by atoms with van der Waals surface area (Å²) in [5.41, 5.74) is 0.682. The minimum Gasteiger partial charge on any atom is -0.492 e. The molecule has 1 N–H and O–H groups in total. The first-order chi connectivity index (χ1) is 9.13. The Morgan fingerprint density at radius 3 is 2.74 bits per heavy atom. The van der Waals surface area contributed by atoms with Gasteiger partial charge < -0.3 is 10.1 Å². The number of carbonyl (C=O) groups is 2. The van der Waals surface area contributed by atoms with Crippen molar-refractivity contribution < 1.29 is 14.3 Å². The molecule has 0 bridgehead atoms. The Morgan fingerprint density at radius 1 is 1.32 bits per heavy atom. The molecular formula is C14H19NO3S. The fourth-order valence-corrected chi connectivity index (χ4v) is 2.25. The van der Waals surface area contributed by atoms with Gasteiger partial charge in [0, 0.05) is 12.2 Å². The summed E-state index contributed by atoms with van der Waals surface area (Å²) in [7, 11) is 0. The summed E-state index contributed by atoms with van der Waals surface area (Å²) in [6.07, 6.45) is 0.507. The van der Waals surface area contributed by atoms with Crippen molar-refractivity contribution in [1.82, 2.24) is 0 Å². The fourth-order valence-electron chi connectivity index (χ4n) is 1.42. The average molecular weight is 281 g/mol. The van der Waals surface area contributed by atoms with Crippen LogP contribution in [0.1, 0.15) is 20.3 Å². The number of Topliss-reactive ketones (excluding diaryl/α,β-unsaturated/α-hetero) is 1. The van der Waals surface area contributed by atoms with Gasteiger partial charge in [0.25, 0.3) is 0 Å². The molecule has 0 saturated carbocycles. The first kappa shape index (κ1) is 15.6. The van der Waals surface area contributed by atoms with Gasteiger partial charge >= 0.3 is 0 Å². The maximum Gasteiger partial charge on any atom is 0.234 e. The van der Waals surface area contributed by atoms with Crippen LogP contribution in [0.2, 0.25) is 0 Å². The summed E-state index contributed by atoms with van der Waals surface area (Å²) in [5.74, 6) is 1.76. The Bertz CT molecular complexity index is 434. The number of hydrogen-bond acceptors (Lipinski definition) is 4. The van der Waals surface area contributed by atoms with Crippen molar-refractivity contribution in [2.45, 2.75) is 20.3 Å². The second-order valence-corrected chi connectivity index (χ2v) is 5.09. The SMILES string of the molecule is CCOc1ccccc1NC(=O)CSCCC(C)=O. The topological polar surface area (TPSA) is 55.4 Å². The number of benzene rings is 1. The number of carbonyl (C=O) groups excluding carboxylic acids is 2. The molecule has 0 radical (unpaired) electrons. The van der Waals surface area contributed by atoms with E-state index in [9.17, 15) is 9.59 Å². The summed E-state index contributed by atoms with van der Waals surface area (Å²) in [5, 5.41) is 2.81. The monoisotopic (exact) mass is 281 g/mol. The number of anilines is 1. The van der Waals surface area contributed by atoms with Crippen molar-refractivity contribution in [3.8, 4) is 5.75 Å². The van der Waals surface area contributed by atoms with Crippen LogP contribution < -0.4 is 10.1 Å². The third kappa shape index (κ3) is 6.29. The predicted molar refractivity (Wildman–Crippen MR) is 78.9 cm³/mol. The van der Waals surface area contributed by atoms with Gasteiger partial charge in [0.05, 0.1) is 18.0 Å². The molecule has 1 aromatic carbocycles. The number of para-hydroxylation sites is 2. The molecular weight excluding hydrogens is 262 g/mol. The molecule has 0 aliphatic heterocycles. The highest BCUT2D eigenvalue weighted by Crippen LogP contribution is 2.23. The van der Waals surface area contributed by atoms with Crippen LogP contribution >= 0.6 is 11.8 Å². The molecule has 0 atom stereocenters. The number of rotatable bonds is 8. The van der Waals surface area contributed by atoms with Crippen LogP contribution in [-0.2, 0) is 9.59 Å². The summed E-state index contributed by atoms with van der Waals surface area (Å²) in [4.78, 5) is 22.5. The first-order valence-corrected chi connectivity index (χ1v) is 7.37. The van der Waals surface area contributed by atoms with Crippen molar-refractivity contribution in [2.24, 2.45) is 0 Å². The number of thioether (sulfide) groups is 1. The van der Waals surface area contributed by atoms with Gasteiger partial charge in [-0.05, 0) is 26.0 Å². The summed E-state index contributed by atoms with van der Waals surface area (Å²) < 4.78 is 5.43. The summed E-state index contributed by atoms with van der Waals surface area (Å²) >= 11 is 1.45. The number of ketones is 1. The van der Waals surface area contributed by atoms with E-state index in [0.29, 0.717) is 36.0 Å². The van der Waals surface area contributed by atoms with Crippen molar-refractivity contribution in [1.29, 1.82) is 0 Å². The quantitative estimate of drug-likeness (QED) is 0.744. The lowest BCUT2D eigenvalue weighted by Crippen LogP contribution is -2.15. The minimum atomic E-state index is -0.0827. The Labute approximate surface area is 117 Å². The van der Waals surface area contributed by atoms with E-state index in [1.165, 1.54) is 11.8 Å². The van der Waals surface area contributed by atoms with Gasteiger partial charge in [-0.15, -0.1) is 0 Å². The minimum absolute atomic E-state index is 0.0827. The zero-order valence-corrected chi connectivity index (χ0v) is 12.1. The van der Waals surface area contributed by atoms with Gasteiger partial charge in [-0.2, -0.15) is 11.8 Å². The molecule has 1 aromatic rings. The molecule has 1 amide bonds. The molecule has 5 heteroatoms. The van der Waals surface area contributed by atoms with Crippen LogP contribution in [0, 0.1) is 0 Å². The van der Waals surface area contributed by atoms with E-state index < -0.39 is 0 Å². The molecule has 0 fully saturated rings. The van der Waals surface area contributed by atoms with Gasteiger partial charge in [0.15, 0.2) is 0 Å². The summed E-state index contributed by atoms with van der Waals surface area (Å²) in [6.45, 7) is 4.01. The molecule has 0 unspecified atom stereocenters. The highest BCUT2D eigenvalue weighted by molar-refractivity contribution is 7.99. The van der Waals surface area contributed by atoms with Crippen LogP contribution in [0.3, 0.4) is 0 Å². The van der Waals surface area contributed by atoms with Gasteiger partial charge in [-0.25, -0.2) is 0 Å². The lowest BCUT2D eigenvalue weighted by atomic mass is 10.3. The van der Waals surface area contributed by atoms with Gasteiger partial charge in [0.1, 0.15) is 11.5 Å². The molecule has 19 heavy (non-hydrogen) atoms. The highest BCUT2D eigenvalue weighted by atomic mass is 32.2. The molecule has 0 aromatic heterocycles. The van der Waals surface area contributed by atoms with Gasteiger partial charge in [0.2, 0.25) is 5.91 Å². The normalized spacial score (nSPS) is 10.0. The smallest absolute Gasteiger partial charge is 0.234 e. The number of hydrogen-bond donors (Lipinski definition) is 1. The standard InChI is InChI=1S/C14H19NO3S/c1-3-18-13-7-5-4-6-12(13)15-14(17)10-19-9-8-11(2)16/h4-7H,3,8-10H2,1-2H3,(H,15,17). The fraction of sp³-hybridized carbons (Fsp3) is 0.429. The molecule has 0 saturated heterocycles. The third-order valence-electron chi connectivity index (χ3n) is 2.29. The van der Waals surface area contributed by atoms with Crippen LogP contribution in [0.25, 0.3) is 0 Å². The number of nitrogens with one attached hydrogen (secondary N) is 1. The third-order valence-corrected chi connectivity index (χ3v) is 3.25. The van der Waals surface area contributed by atoms with Crippen LogP contribution in [-0.4, -0.2) is 29.8 Å². The zero-order chi connectivity index (χ0) is 14.1. The van der Waals surface area contributed by atoms with Crippen molar-refractivity contribution in [3.05, 3.63) is 24.3 Å². The molecule has 0 aliphatic rings. The van der Waals surface area contributed by atoms with Crippen molar-refractivity contribution in [2.75, 3.05) is 23.4 Å². The molecule has 0 aliphatic carbocycles. The maximum atomic E-state index is 11.7. The van der Waals surface area contributed by atoms with E-state index in [1.54, 1.807) is 6.92 Å². The van der Waals surface area contributed by atoms with Gasteiger partial charge in [-0.3, -0.25) is 9.59 Å². The van der Waals surface area contributed by atoms with Crippen molar-refractivity contribution >= 4 is 29.1 Å². The second-order valence-electron chi connectivity index (χ2n) is 3.98. The zero-order valence-electron chi connectivity index (χ0n) is 11.3. The van der Waals surface area contributed by atoms with E-state index in [-0.39, 0.29) is 11.7 Å². The second kappa shape index (κ2) is 8.58. The lowest BCUT2D eigenvalue weighted by molar-refractivity contribution is -0.116. The lowest BCUT2D eigenvalue weighted by Gasteiger charge is -2.10. The van der Waals surface area contributed by atoms with E-state index >= 15 is 0 Å². The van der Waals surface area contributed by atoms with E-state index in [1.807, 2.05) is 31.2 Å². The Hall–Kier alpha value is -1.49. The Morgan fingerprint density at radius 2 is 2.05 bits per heavy atom. The molecule has 0 heterocycles. The van der Waals surface area contributed by atoms with Crippen LogP contribution in [0.5, 0.6) is 5.75 Å². The largest absolute Gasteiger partial charge is 0.492 e. The molecule has 4 nitrogen and oxygen atoms in total. The maximum absolute atomic E-state index is 11.7.